The van der Waals surface area contributed by atoms with E-state index in [0.29, 0.717) is 22.6 Å². The second kappa shape index (κ2) is 30.8. The first-order valence-corrected chi connectivity index (χ1v) is 26.2. The maximum Gasteiger partial charge on any atom is 0.343 e. The Bertz CT molecular complexity index is 2320. The first-order chi connectivity index (χ1) is 34.4. The summed E-state index contributed by atoms with van der Waals surface area (Å²) in [7, 11) is 0. The summed E-state index contributed by atoms with van der Waals surface area (Å²) in [5.74, 6) is 1.50. The van der Waals surface area contributed by atoms with E-state index in [1.165, 1.54) is 116 Å². The van der Waals surface area contributed by atoms with E-state index < -0.39 is 11.9 Å². The van der Waals surface area contributed by atoms with Crippen LogP contribution in [-0.2, 0) is 0 Å². The van der Waals surface area contributed by atoms with Crippen LogP contribution in [0, 0.1) is 0 Å². The lowest BCUT2D eigenvalue weighted by Gasteiger charge is -2.08. The Labute approximate surface area is 417 Å². The standard InChI is InChI=1S/C62H74N2O6/c1-3-5-7-9-11-13-15-17-19-21-43-67-57-39-33-55(34-40-57)63-47-49-23-27-52(28-24-49)61(65)69-59-37-31-51-32-38-60(46-54(51)45-59)70-62(66)53-29-25-50(26-30-53)48-64-56-35-41-58(42-36-56)68-44-22-20-18-16-14-12-10-8-6-4-2/h23-42,45-48H,3-22,43-44H2,1-2H3. The Balaban J connectivity index is 0.888. The zero-order valence-electron chi connectivity index (χ0n) is 41.8. The summed E-state index contributed by atoms with van der Waals surface area (Å²) in [4.78, 5) is 35.4. The van der Waals surface area contributed by atoms with E-state index in [0.717, 1.165) is 70.8 Å². The summed E-state index contributed by atoms with van der Waals surface area (Å²) in [5, 5.41) is 1.67. The number of unbranched alkanes of at least 4 members (excludes halogenated alkanes) is 18. The van der Waals surface area contributed by atoms with Crippen molar-refractivity contribution >= 4 is 46.5 Å². The van der Waals surface area contributed by atoms with Crippen molar-refractivity contribution in [2.75, 3.05) is 13.2 Å². The molecule has 0 aliphatic carbocycles. The fraction of sp³-hybridized carbons (Fsp3) is 0.387. The molecule has 0 saturated carbocycles. The van der Waals surface area contributed by atoms with Crippen LogP contribution in [0.15, 0.2) is 143 Å². The Hall–Kier alpha value is -6.54. The highest BCUT2D eigenvalue weighted by Crippen LogP contribution is 2.27. The Morgan fingerprint density at radius 3 is 1.06 bits per heavy atom. The molecule has 6 aromatic carbocycles. The second-order valence-corrected chi connectivity index (χ2v) is 18.3. The molecule has 0 atom stereocenters. The van der Waals surface area contributed by atoms with Gasteiger partial charge >= 0.3 is 11.9 Å². The molecule has 0 saturated heterocycles. The molecule has 0 aliphatic rings. The van der Waals surface area contributed by atoms with E-state index in [2.05, 4.69) is 23.8 Å². The summed E-state index contributed by atoms with van der Waals surface area (Å²) in [6, 6.07) is 40.6. The van der Waals surface area contributed by atoms with Crippen LogP contribution < -0.4 is 18.9 Å². The zero-order chi connectivity index (χ0) is 48.9. The van der Waals surface area contributed by atoms with Crippen LogP contribution in [0.5, 0.6) is 23.0 Å². The molecule has 0 amide bonds. The average molecular weight is 943 g/mol. The van der Waals surface area contributed by atoms with Crippen LogP contribution in [0.3, 0.4) is 0 Å². The number of esters is 2. The Kier molecular flexibility index (Phi) is 23.3. The van der Waals surface area contributed by atoms with E-state index in [9.17, 15) is 9.59 Å². The molecular weight excluding hydrogens is 869 g/mol. The molecular formula is C62H74N2O6. The molecule has 0 fully saturated rings. The number of carbonyl (C=O) groups excluding carboxylic acids is 2. The zero-order valence-corrected chi connectivity index (χ0v) is 41.8. The van der Waals surface area contributed by atoms with E-state index in [4.69, 9.17) is 18.9 Å². The van der Waals surface area contributed by atoms with Crippen LogP contribution in [0.25, 0.3) is 10.8 Å². The van der Waals surface area contributed by atoms with Crippen molar-refractivity contribution in [3.8, 4) is 23.0 Å². The molecule has 0 aliphatic heterocycles. The summed E-state index contributed by atoms with van der Waals surface area (Å²) >= 11 is 0. The largest absolute Gasteiger partial charge is 0.494 e. The van der Waals surface area contributed by atoms with Gasteiger partial charge in [-0.05, 0) is 132 Å². The predicted octanol–water partition coefficient (Wildman–Crippen LogP) is 17.4. The Morgan fingerprint density at radius 1 is 0.371 bits per heavy atom. The van der Waals surface area contributed by atoms with Gasteiger partial charge in [0.15, 0.2) is 0 Å². The molecule has 368 valence electrons. The predicted molar refractivity (Wildman–Crippen MR) is 289 cm³/mol. The van der Waals surface area contributed by atoms with Gasteiger partial charge in [-0.1, -0.05) is 166 Å². The van der Waals surface area contributed by atoms with Gasteiger partial charge in [0.25, 0.3) is 0 Å². The maximum absolute atomic E-state index is 13.1. The number of hydrogen-bond acceptors (Lipinski definition) is 8. The molecule has 0 bridgehead atoms. The molecule has 8 heteroatoms. The quantitative estimate of drug-likeness (QED) is 0.0181. The van der Waals surface area contributed by atoms with Gasteiger partial charge in [-0.25, -0.2) is 9.59 Å². The van der Waals surface area contributed by atoms with Crippen molar-refractivity contribution in [1.82, 2.24) is 0 Å². The number of fused-ring (bicyclic) bond motifs is 1. The van der Waals surface area contributed by atoms with Crippen molar-refractivity contribution in [1.29, 1.82) is 0 Å². The van der Waals surface area contributed by atoms with E-state index in [-0.39, 0.29) is 0 Å². The summed E-state index contributed by atoms with van der Waals surface area (Å²) < 4.78 is 23.4. The first-order valence-electron chi connectivity index (χ1n) is 26.2. The molecule has 6 aromatic rings. The van der Waals surface area contributed by atoms with Gasteiger partial charge in [-0.2, -0.15) is 0 Å². The van der Waals surface area contributed by atoms with Crippen LogP contribution in [0.1, 0.15) is 174 Å². The number of ether oxygens (including phenoxy) is 4. The van der Waals surface area contributed by atoms with Gasteiger partial charge in [0.05, 0.1) is 35.7 Å². The number of hydrogen-bond donors (Lipinski definition) is 0. The molecule has 6 rings (SSSR count). The molecule has 0 unspecified atom stereocenters. The SMILES string of the molecule is CCCCCCCCCCCCOc1ccc(N=Cc2ccc(C(=O)Oc3ccc4ccc(OC(=O)c5ccc(C=Nc6ccc(OCCCCCCCCCCCC)cc6)cc5)cc4c3)cc2)cc1. The number of rotatable bonds is 32. The third kappa shape index (κ3) is 19.5. The van der Waals surface area contributed by atoms with Gasteiger partial charge in [0.1, 0.15) is 23.0 Å². The lowest BCUT2D eigenvalue weighted by atomic mass is 10.1. The smallest absolute Gasteiger partial charge is 0.343 e. The Morgan fingerprint density at radius 2 is 0.700 bits per heavy atom. The lowest BCUT2D eigenvalue weighted by molar-refractivity contribution is 0.0726. The first kappa shape index (κ1) is 52.8. The van der Waals surface area contributed by atoms with Gasteiger partial charge in [-0.15, -0.1) is 0 Å². The highest BCUT2D eigenvalue weighted by Gasteiger charge is 2.12. The van der Waals surface area contributed by atoms with Crippen molar-refractivity contribution in [2.24, 2.45) is 9.98 Å². The minimum Gasteiger partial charge on any atom is -0.494 e. The topological polar surface area (TPSA) is 95.8 Å². The molecule has 0 aromatic heterocycles. The van der Waals surface area contributed by atoms with E-state index >= 15 is 0 Å². The van der Waals surface area contributed by atoms with E-state index in [1.807, 2.05) is 84.9 Å². The summed E-state index contributed by atoms with van der Waals surface area (Å²) in [6.07, 6.45) is 29.6. The molecule has 0 N–H and O–H groups in total. The average Bonchev–Trinajstić information content (AvgIpc) is 3.39. The highest BCUT2D eigenvalue weighted by atomic mass is 16.5. The van der Waals surface area contributed by atoms with Crippen LogP contribution in [-0.4, -0.2) is 37.6 Å². The van der Waals surface area contributed by atoms with Crippen LogP contribution in [0.4, 0.5) is 11.4 Å². The molecule has 0 spiro atoms. The third-order valence-corrected chi connectivity index (χ3v) is 12.4. The fourth-order valence-electron chi connectivity index (χ4n) is 8.19. The molecule has 70 heavy (non-hydrogen) atoms. The monoisotopic (exact) mass is 943 g/mol. The number of nitrogens with zero attached hydrogens (tertiary/aromatic N) is 2. The maximum atomic E-state index is 13.1. The third-order valence-electron chi connectivity index (χ3n) is 12.4. The van der Waals surface area contributed by atoms with Crippen LogP contribution >= 0.6 is 0 Å². The van der Waals surface area contributed by atoms with E-state index in [1.54, 1.807) is 61.0 Å². The van der Waals surface area contributed by atoms with Gasteiger partial charge in [0, 0.05) is 12.4 Å². The fourth-order valence-corrected chi connectivity index (χ4v) is 8.19. The van der Waals surface area contributed by atoms with Gasteiger partial charge in [-0.3, -0.25) is 9.98 Å². The number of carbonyl (C=O) groups is 2. The molecule has 0 radical (unpaired) electrons. The number of benzene rings is 6. The summed E-state index contributed by atoms with van der Waals surface area (Å²) in [6.45, 7) is 5.99. The van der Waals surface area contributed by atoms with Crippen molar-refractivity contribution < 1.29 is 28.5 Å². The van der Waals surface area contributed by atoms with Crippen LogP contribution in [0.2, 0.25) is 0 Å². The van der Waals surface area contributed by atoms with Gasteiger partial charge in [0.2, 0.25) is 0 Å². The van der Waals surface area contributed by atoms with Crippen molar-refractivity contribution in [2.45, 2.75) is 142 Å². The number of aliphatic imine (C=N–C) groups is 2. The van der Waals surface area contributed by atoms with Crippen molar-refractivity contribution in [3.05, 3.63) is 156 Å². The lowest BCUT2D eigenvalue weighted by Crippen LogP contribution is -2.09. The molecule has 8 nitrogen and oxygen atoms in total. The van der Waals surface area contributed by atoms with Crippen molar-refractivity contribution in [3.63, 3.8) is 0 Å². The van der Waals surface area contributed by atoms with Gasteiger partial charge < -0.3 is 18.9 Å². The summed E-state index contributed by atoms with van der Waals surface area (Å²) in [5.41, 5.74) is 4.17. The minimum absolute atomic E-state index is 0.378. The molecule has 0 heterocycles. The minimum atomic E-state index is -0.482. The normalized spacial score (nSPS) is 11.4. The second-order valence-electron chi connectivity index (χ2n) is 18.3. The highest BCUT2D eigenvalue weighted by molar-refractivity contribution is 5.95.